The van der Waals surface area contributed by atoms with Gasteiger partial charge in [-0.15, -0.1) is 0 Å². The second-order valence-corrected chi connectivity index (χ2v) is 6.02. The van der Waals surface area contributed by atoms with Gasteiger partial charge in [-0.25, -0.2) is 0 Å². The smallest absolute Gasteiger partial charge is 0.438 e. The molecule has 2 aromatic rings. The van der Waals surface area contributed by atoms with Gasteiger partial charge < -0.3 is 9.84 Å². The quantitative estimate of drug-likeness (QED) is 0.871. The van der Waals surface area contributed by atoms with Gasteiger partial charge in [-0.1, -0.05) is 24.3 Å². The van der Waals surface area contributed by atoms with Gasteiger partial charge in [-0.05, 0) is 35.4 Å². The molecule has 3 rings (SSSR count). The van der Waals surface area contributed by atoms with Crippen molar-refractivity contribution in [2.45, 2.75) is 18.3 Å². The van der Waals surface area contributed by atoms with Gasteiger partial charge in [0, 0.05) is 12.6 Å². The number of ether oxygens (including phenoxy) is 1. The van der Waals surface area contributed by atoms with Crippen molar-refractivity contribution in [3.05, 3.63) is 54.1 Å². The van der Waals surface area contributed by atoms with E-state index >= 15 is 0 Å². The molecule has 1 amide bonds. The molecule has 0 spiro atoms. The Bertz CT molecular complexity index is 934. The summed E-state index contributed by atoms with van der Waals surface area (Å²) in [5.74, 6) is -0.853. The lowest BCUT2D eigenvalue weighted by atomic mass is 10.0. The summed E-state index contributed by atoms with van der Waals surface area (Å²) >= 11 is 0. The highest BCUT2D eigenvalue weighted by atomic mass is 19.4. The lowest BCUT2D eigenvalue weighted by molar-refractivity contribution is -0.302. The Hall–Kier alpha value is -3.38. The molecule has 28 heavy (non-hydrogen) atoms. The molecule has 0 bridgehead atoms. The number of amides is 1. The third kappa shape index (κ3) is 3.68. The number of halogens is 3. The van der Waals surface area contributed by atoms with Gasteiger partial charge in [0.15, 0.2) is 6.61 Å². The van der Waals surface area contributed by atoms with E-state index < -0.39 is 30.8 Å². The fourth-order valence-electron chi connectivity index (χ4n) is 2.63. The second kappa shape index (κ2) is 7.32. The molecule has 9 heteroatoms. The molecule has 0 fully saturated rings. The minimum atomic E-state index is -5.04. The zero-order chi connectivity index (χ0) is 20.4. The molecule has 0 radical (unpaired) electrons. The number of benzene rings is 2. The van der Waals surface area contributed by atoms with Crippen LogP contribution >= 0.6 is 0 Å². The average Bonchev–Trinajstić information content (AvgIpc) is 3.10. The summed E-state index contributed by atoms with van der Waals surface area (Å²) in [4.78, 5) is 12.0. The van der Waals surface area contributed by atoms with Gasteiger partial charge in [0.2, 0.25) is 0 Å². The van der Waals surface area contributed by atoms with E-state index in [1.54, 1.807) is 48.5 Å². The molecule has 1 aliphatic heterocycles. The standard InChI is InChI=1S/C19H14F3N3O3/c20-19(21,22)18(27)9-10-24-25(18)17(26)12-28-16-7-5-15(6-8-16)14-3-1-13(11-23)2-4-14/h1-8,10,27H,9,12H2/t18-/m0/s1. The first-order valence-electron chi connectivity index (χ1n) is 8.12. The van der Waals surface area contributed by atoms with Crippen LogP contribution in [-0.2, 0) is 4.79 Å². The molecule has 1 aliphatic rings. The number of carbonyl (C=O) groups is 1. The van der Waals surface area contributed by atoms with Crippen LogP contribution in [0.3, 0.4) is 0 Å². The highest BCUT2D eigenvalue weighted by Gasteiger charge is 2.61. The molecule has 0 saturated carbocycles. The molecule has 0 unspecified atom stereocenters. The van der Waals surface area contributed by atoms with Crippen LogP contribution in [0.15, 0.2) is 53.6 Å². The summed E-state index contributed by atoms with van der Waals surface area (Å²) in [6.45, 7) is -0.716. The largest absolute Gasteiger partial charge is 0.484 e. The number of hydrogen-bond acceptors (Lipinski definition) is 5. The molecule has 0 aliphatic carbocycles. The van der Waals surface area contributed by atoms with E-state index in [0.29, 0.717) is 5.56 Å². The van der Waals surface area contributed by atoms with Crippen molar-refractivity contribution in [2.24, 2.45) is 5.10 Å². The van der Waals surface area contributed by atoms with Gasteiger partial charge in [-0.3, -0.25) is 4.79 Å². The second-order valence-electron chi connectivity index (χ2n) is 6.02. The fourth-order valence-corrected chi connectivity index (χ4v) is 2.63. The zero-order valence-electron chi connectivity index (χ0n) is 14.3. The molecular formula is C19H14F3N3O3. The van der Waals surface area contributed by atoms with E-state index in [-0.39, 0.29) is 10.8 Å². The number of carbonyl (C=O) groups excluding carboxylic acids is 1. The maximum absolute atomic E-state index is 13.0. The summed E-state index contributed by atoms with van der Waals surface area (Å²) in [5.41, 5.74) is -1.12. The first-order valence-corrected chi connectivity index (χ1v) is 8.12. The zero-order valence-corrected chi connectivity index (χ0v) is 14.3. The van der Waals surface area contributed by atoms with E-state index in [1.807, 2.05) is 6.07 Å². The van der Waals surface area contributed by atoms with Gasteiger partial charge in [0.05, 0.1) is 11.6 Å². The predicted octanol–water partition coefficient (Wildman–Crippen LogP) is 3.07. The first kappa shape index (κ1) is 19.4. The Morgan fingerprint density at radius 1 is 1.18 bits per heavy atom. The number of nitriles is 1. The Morgan fingerprint density at radius 3 is 2.29 bits per heavy atom. The van der Waals surface area contributed by atoms with E-state index in [2.05, 4.69) is 5.10 Å². The average molecular weight is 389 g/mol. The molecule has 0 aromatic heterocycles. The van der Waals surface area contributed by atoms with Gasteiger partial charge >= 0.3 is 6.18 Å². The maximum Gasteiger partial charge on any atom is 0.438 e. The van der Waals surface area contributed by atoms with Crippen LogP contribution < -0.4 is 4.74 Å². The summed E-state index contributed by atoms with van der Waals surface area (Å²) in [7, 11) is 0. The van der Waals surface area contributed by atoms with Crippen LogP contribution in [-0.4, -0.2) is 40.7 Å². The van der Waals surface area contributed by atoms with Crippen molar-refractivity contribution in [1.29, 1.82) is 5.26 Å². The van der Waals surface area contributed by atoms with Gasteiger partial charge in [0.1, 0.15) is 5.75 Å². The molecule has 1 N–H and O–H groups in total. The van der Waals surface area contributed by atoms with Crippen LogP contribution in [0.2, 0.25) is 0 Å². The SMILES string of the molecule is N#Cc1ccc(-c2ccc(OCC(=O)N3N=CC[C@]3(O)C(F)(F)F)cc2)cc1. The third-order valence-corrected chi connectivity index (χ3v) is 4.18. The fraction of sp³-hybridized carbons (Fsp3) is 0.211. The highest BCUT2D eigenvalue weighted by Crippen LogP contribution is 2.38. The molecule has 2 aromatic carbocycles. The van der Waals surface area contributed by atoms with E-state index in [1.165, 1.54) is 0 Å². The number of hydrogen-bond donors (Lipinski definition) is 1. The number of alkyl halides is 3. The van der Waals surface area contributed by atoms with E-state index in [0.717, 1.165) is 17.3 Å². The Labute approximate surface area is 158 Å². The Balaban J connectivity index is 1.64. The monoisotopic (exact) mass is 389 g/mol. The molecule has 1 heterocycles. The van der Waals surface area contributed by atoms with Crippen LogP contribution in [0.5, 0.6) is 5.75 Å². The number of rotatable bonds is 4. The van der Waals surface area contributed by atoms with E-state index in [4.69, 9.17) is 10.00 Å². The lowest BCUT2D eigenvalue weighted by Gasteiger charge is -2.32. The van der Waals surface area contributed by atoms with Crippen molar-refractivity contribution >= 4 is 12.1 Å². The lowest BCUT2D eigenvalue weighted by Crippen LogP contribution is -2.57. The number of aliphatic hydroxyl groups is 1. The summed E-state index contributed by atoms with van der Waals surface area (Å²) in [6.07, 6.45) is -5.04. The maximum atomic E-state index is 13.0. The minimum absolute atomic E-state index is 0.00187. The van der Waals surface area contributed by atoms with Crippen LogP contribution in [0, 0.1) is 11.3 Å². The van der Waals surface area contributed by atoms with Crippen molar-refractivity contribution in [2.75, 3.05) is 6.61 Å². The van der Waals surface area contributed by atoms with Crippen LogP contribution in [0.25, 0.3) is 11.1 Å². The van der Waals surface area contributed by atoms with Crippen molar-refractivity contribution in [3.63, 3.8) is 0 Å². The predicted molar refractivity (Wildman–Crippen MR) is 93.0 cm³/mol. The van der Waals surface area contributed by atoms with Crippen LogP contribution in [0.4, 0.5) is 13.2 Å². The third-order valence-electron chi connectivity index (χ3n) is 4.18. The van der Waals surface area contributed by atoms with E-state index in [9.17, 15) is 23.1 Å². The molecular weight excluding hydrogens is 375 g/mol. The number of nitrogens with zero attached hydrogens (tertiary/aromatic N) is 3. The number of hydrazone groups is 1. The Kier molecular flexibility index (Phi) is 5.07. The molecule has 1 atom stereocenters. The summed E-state index contributed by atoms with van der Waals surface area (Å²) in [5, 5.41) is 21.9. The highest BCUT2D eigenvalue weighted by molar-refractivity contribution is 5.81. The van der Waals surface area contributed by atoms with Crippen LogP contribution in [0.1, 0.15) is 12.0 Å². The molecule has 0 saturated heterocycles. The first-order chi connectivity index (χ1) is 13.2. The topological polar surface area (TPSA) is 85.9 Å². The Morgan fingerprint density at radius 2 is 1.75 bits per heavy atom. The summed E-state index contributed by atoms with van der Waals surface area (Å²) in [6, 6.07) is 15.5. The van der Waals surface area contributed by atoms with Crippen molar-refractivity contribution < 1.29 is 27.8 Å². The molecule has 6 nitrogen and oxygen atoms in total. The normalized spacial score (nSPS) is 18.8. The van der Waals surface area contributed by atoms with Gasteiger partial charge in [-0.2, -0.15) is 28.5 Å². The minimum Gasteiger partial charge on any atom is -0.484 e. The van der Waals surface area contributed by atoms with Crippen molar-refractivity contribution in [3.8, 4) is 22.9 Å². The van der Waals surface area contributed by atoms with Crippen molar-refractivity contribution in [1.82, 2.24) is 5.01 Å². The van der Waals surface area contributed by atoms with Gasteiger partial charge in [0.25, 0.3) is 11.6 Å². The molecule has 144 valence electrons. The summed E-state index contributed by atoms with van der Waals surface area (Å²) < 4.78 is 44.2.